The maximum Gasteiger partial charge on any atom is -0.0329 e. The molecule has 0 N–H and O–H groups in total. The molecule has 0 fully saturated rings. The Hall–Kier alpha value is 0. The van der Waals surface area contributed by atoms with Crippen LogP contribution in [0, 0.1) is 18.3 Å². The summed E-state index contributed by atoms with van der Waals surface area (Å²) in [5.74, 6) is 0.759. The van der Waals surface area contributed by atoms with Gasteiger partial charge in [0.05, 0.1) is 0 Å². The van der Waals surface area contributed by atoms with Gasteiger partial charge in [-0.25, -0.2) is 0 Å². The quantitative estimate of drug-likeness (QED) is 0.515. The van der Waals surface area contributed by atoms with Gasteiger partial charge >= 0.3 is 0 Å². The summed E-state index contributed by atoms with van der Waals surface area (Å²) in [7, 11) is 0. The molecule has 0 aromatic rings. The van der Waals surface area contributed by atoms with Crippen LogP contribution < -0.4 is 0 Å². The van der Waals surface area contributed by atoms with Crippen LogP contribution in [0.5, 0.6) is 0 Å². The number of unbranched alkanes of at least 4 members (excludes halogenated alkanes) is 2. The first-order valence-electron chi connectivity index (χ1n) is 5.33. The minimum atomic E-state index is 0.497. The van der Waals surface area contributed by atoms with E-state index in [-0.39, 0.29) is 0 Å². The second kappa shape index (κ2) is 5.61. The van der Waals surface area contributed by atoms with Gasteiger partial charge in [0.15, 0.2) is 0 Å². The predicted molar refractivity (Wildman–Crippen MR) is 57.1 cm³/mol. The predicted octanol–water partition coefficient (Wildman–Crippen LogP) is 4.45. The van der Waals surface area contributed by atoms with E-state index in [4.69, 9.17) is 0 Å². The Kier molecular flexibility index (Phi) is 5.61. The molecule has 73 valence electrons. The van der Waals surface area contributed by atoms with Gasteiger partial charge in [0, 0.05) is 0 Å². The third kappa shape index (κ3) is 4.13. The summed E-state index contributed by atoms with van der Waals surface area (Å²) in [6.45, 7) is 13.3. The monoisotopic (exact) mass is 169 g/mol. The smallest absolute Gasteiger partial charge is 0.0329 e. The number of rotatable bonds is 6. The fourth-order valence-corrected chi connectivity index (χ4v) is 1.47. The molecule has 0 spiro atoms. The van der Waals surface area contributed by atoms with E-state index in [1.54, 1.807) is 0 Å². The highest BCUT2D eigenvalue weighted by atomic mass is 14.3. The second-order valence-electron chi connectivity index (χ2n) is 4.64. The first kappa shape index (κ1) is 12.0. The van der Waals surface area contributed by atoms with Crippen molar-refractivity contribution in [2.24, 2.45) is 11.3 Å². The van der Waals surface area contributed by atoms with E-state index in [9.17, 15) is 0 Å². The Morgan fingerprint density at radius 2 is 1.83 bits per heavy atom. The molecule has 0 aliphatic heterocycles. The zero-order chi connectivity index (χ0) is 9.61. The molecular weight excluding hydrogens is 144 g/mol. The van der Waals surface area contributed by atoms with Crippen molar-refractivity contribution in [2.45, 2.75) is 59.8 Å². The van der Waals surface area contributed by atoms with E-state index in [1.165, 1.54) is 25.7 Å². The number of hydrogen-bond donors (Lipinski definition) is 0. The molecule has 0 bridgehead atoms. The van der Waals surface area contributed by atoms with Crippen LogP contribution in [-0.2, 0) is 0 Å². The van der Waals surface area contributed by atoms with Gasteiger partial charge in [-0.1, -0.05) is 60.3 Å². The van der Waals surface area contributed by atoms with Gasteiger partial charge in [0.2, 0.25) is 0 Å². The lowest BCUT2D eigenvalue weighted by atomic mass is 9.75. The lowest BCUT2D eigenvalue weighted by molar-refractivity contribution is 0.206. The van der Waals surface area contributed by atoms with Crippen LogP contribution in [0.1, 0.15) is 59.8 Å². The molecule has 0 amide bonds. The van der Waals surface area contributed by atoms with Crippen molar-refractivity contribution in [3.05, 3.63) is 6.92 Å². The summed E-state index contributed by atoms with van der Waals surface area (Å²) in [5.41, 5.74) is 0.497. The molecule has 0 heterocycles. The zero-order valence-electron chi connectivity index (χ0n) is 9.32. The molecule has 1 unspecified atom stereocenters. The highest BCUT2D eigenvalue weighted by Gasteiger charge is 2.23. The van der Waals surface area contributed by atoms with Gasteiger partial charge in [-0.3, -0.25) is 0 Å². The Balaban J connectivity index is 3.70. The first-order chi connectivity index (χ1) is 5.54. The minimum absolute atomic E-state index is 0.497. The maximum atomic E-state index is 3.98. The maximum absolute atomic E-state index is 3.98. The standard InChI is InChI=1S/C12H25/c1-6-8-9-10-12(4,5)11(3)7-2/h11H,2,6-10H2,1,3-5H3. The van der Waals surface area contributed by atoms with Crippen molar-refractivity contribution < 1.29 is 0 Å². The molecule has 0 rings (SSSR count). The fourth-order valence-electron chi connectivity index (χ4n) is 1.47. The Labute approximate surface area is 78.8 Å². The molecule has 0 aromatic carbocycles. The molecule has 0 heteroatoms. The second-order valence-corrected chi connectivity index (χ2v) is 4.64. The van der Waals surface area contributed by atoms with E-state index < -0.39 is 0 Å². The van der Waals surface area contributed by atoms with Crippen LogP contribution in [0.25, 0.3) is 0 Å². The first-order valence-corrected chi connectivity index (χ1v) is 5.33. The van der Waals surface area contributed by atoms with Crippen LogP contribution in [0.4, 0.5) is 0 Å². The van der Waals surface area contributed by atoms with Crippen LogP contribution >= 0.6 is 0 Å². The van der Waals surface area contributed by atoms with E-state index in [1.807, 2.05) is 0 Å². The molecule has 0 nitrogen and oxygen atoms in total. The van der Waals surface area contributed by atoms with Crippen molar-refractivity contribution in [2.75, 3.05) is 0 Å². The molecule has 1 atom stereocenters. The fraction of sp³-hybridized carbons (Fsp3) is 0.917. The van der Waals surface area contributed by atoms with Crippen molar-refractivity contribution in [1.29, 1.82) is 0 Å². The molecule has 1 radical (unpaired) electrons. The van der Waals surface area contributed by atoms with E-state index in [0.717, 1.165) is 12.3 Å². The Morgan fingerprint density at radius 3 is 2.25 bits per heavy atom. The lowest BCUT2D eigenvalue weighted by Crippen LogP contribution is -2.20. The summed E-state index contributed by atoms with van der Waals surface area (Å²) in [6, 6.07) is 0. The number of hydrogen-bond acceptors (Lipinski definition) is 0. The van der Waals surface area contributed by atoms with Crippen LogP contribution in [-0.4, -0.2) is 0 Å². The molecule has 12 heavy (non-hydrogen) atoms. The molecular formula is C12H25. The Morgan fingerprint density at radius 1 is 1.25 bits per heavy atom. The highest BCUT2D eigenvalue weighted by Crippen LogP contribution is 2.34. The van der Waals surface area contributed by atoms with Gasteiger partial charge < -0.3 is 0 Å². The van der Waals surface area contributed by atoms with Crippen molar-refractivity contribution in [3.63, 3.8) is 0 Å². The summed E-state index contributed by atoms with van der Waals surface area (Å²) >= 11 is 0. The van der Waals surface area contributed by atoms with E-state index in [2.05, 4.69) is 34.6 Å². The van der Waals surface area contributed by atoms with Crippen LogP contribution in [0.3, 0.4) is 0 Å². The molecule has 0 aliphatic rings. The third-order valence-electron chi connectivity index (χ3n) is 3.19. The topological polar surface area (TPSA) is 0 Å². The lowest BCUT2D eigenvalue weighted by Gasteiger charge is -2.31. The summed E-state index contributed by atoms with van der Waals surface area (Å²) in [5, 5.41) is 0. The summed E-state index contributed by atoms with van der Waals surface area (Å²) in [4.78, 5) is 0. The molecule has 0 aliphatic carbocycles. The van der Waals surface area contributed by atoms with E-state index in [0.29, 0.717) is 5.41 Å². The summed E-state index contributed by atoms with van der Waals surface area (Å²) < 4.78 is 0. The molecule has 0 aromatic heterocycles. The van der Waals surface area contributed by atoms with Gasteiger partial charge in [0.25, 0.3) is 0 Å². The van der Waals surface area contributed by atoms with Crippen molar-refractivity contribution >= 4 is 0 Å². The minimum Gasteiger partial charge on any atom is -0.0654 e. The van der Waals surface area contributed by atoms with Gasteiger partial charge in [0.1, 0.15) is 0 Å². The van der Waals surface area contributed by atoms with Crippen LogP contribution in [0.2, 0.25) is 0 Å². The average Bonchev–Trinajstić information content (AvgIpc) is 2.03. The normalized spacial score (nSPS) is 14.8. The molecule has 0 saturated carbocycles. The largest absolute Gasteiger partial charge is 0.0654 e. The van der Waals surface area contributed by atoms with Crippen molar-refractivity contribution in [3.8, 4) is 0 Å². The average molecular weight is 169 g/mol. The van der Waals surface area contributed by atoms with Crippen molar-refractivity contribution in [1.82, 2.24) is 0 Å². The highest BCUT2D eigenvalue weighted by molar-refractivity contribution is 4.75. The summed E-state index contributed by atoms with van der Waals surface area (Å²) in [6.07, 6.45) is 6.52. The SMILES string of the molecule is [CH2]CC(C)C(C)(C)CCCCC. The van der Waals surface area contributed by atoms with Gasteiger partial charge in [-0.05, 0) is 17.8 Å². The van der Waals surface area contributed by atoms with Gasteiger partial charge in [-0.15, -0.1) is 0 Å². The van der Waals surface area contributed by atoms with Gasteiger partial charge in [-0.2, -0.15) is 0 Å². The van der Waals surface area contributed by atoms with Crippen LogP contribution in [0.15, 0.2) is 0 Å². The van der Waals surface area contributed by atoms with E-state index >= 15 is 0 Å². The third-order valence-corrected chi connectivity index (χ3v) is 3.19. The zero-order valence-corrected chi connectivity index (χ0v) is 9.32. The Bertz CT molecular complexity index is 103. The molecule has 0 saturated heterocycles.